The van der Waals surface area contributed by atoms with Crippen molar-refractivity contribution in [2.75, 3.05) is 21.3 Å². The van der Waals surface area contributed by atoms with Gasteiger partial charge >= 0.3 is 0 Å². The minimum absolute atomic E-state index is 0.278. The lowest BCUT2D eigenvalue weighted by molar-refractivity contribution is 0.103. The molecule has 29 heavy (non-hydrogen) atoms. The van der Waals surface area contributed by atoms with E-state index in [1.54, 1.807) is 24.4 Å². The average molecular weight is 395 g/mol. The summed E-state index contributed by atoms with van der Waals surface area (Å²) in [5.74, 6) is 0.965. The highest BCUT2D eigenvalue weighted by molar-refractivity contribution is 6.09. The third kappa shape index (κ3) is 3.18. The molecular weight excluding hydrogens is 377 g/mol. The fourth-order valence-corrected chi connectivity index (χ4v) is 3.23. The highest BCUT2D eigenvalue weighted by atomic mass is 19.1. The molecule has 2 aromatic heterocycles. The number of rotatable bonds is 6. The lowest BCUT2D eigenvalue weighted by atomic mass is 10.1. The van der Waals surface area contributed by atoms with E-state index in [2.05, 4.69) is 15.0 Å². The van der Waals surface area contributed by atoms with E-state index in [4.69, 9.17) is 14.2 Å². The van der Waals surface area contributed by atoms with Gasteiger partial charge in [-0.25, -0.2) is 9.37 Å². The van der Waals surface area contributed by atoms with Crippen LogP contribution in [0, 0.1) is 5.82 Å². The van der Waals surface area contributed by atoms with Crippen LogP contribution in [0.3, 0.4) is 0 Å². The second-order valence-electron chi connectivity index (χ2n) is 6.28. The van der Waals surface area contributed by atoms with E-state index in [-0.39, 0.29) is 17.3 Å². The minimum atomic E-state index is -0.348. The Morgan fingerprint density at radius 3 is 2.41 bits per heavy atom. The molecule has 0 aliphatic carbocycles. The zero-order valence-corrected chi connectivity index (χ0v) is 16.0. The van der Waals surface area contributed by atoms with E-state index in [0.29, 0.717) is 39.6 Å². The van der Waals surface area contributed by atoms with Crippen molar-refractivity contribution in [3.8, 4) is 28.6 Å². The summed E-state index contributed by atoms with van der Waals surface area (Å²) in [5, 5.41) is 0.672. The smallest absolute Gasteiger partial charge is 0.211 e. The number of benzene rings is 2. The van der Waals surface area contributed by atoms with E-state index < -0.39 is 0 Å². The van der Waals surface area contributed by atoms with Gasteiger partial charge in [-0.2, -0.15) is 0 Å². The number of ether oxygens (including phenoxy) is 3. The first-order valence-electron chi connectivity index (χ1n) is 8.72. The molecule has 8 heteroatoms. The number of nitrogens with one attached hydrogen (secondary N) is 2. The van der Waals surface area contributed by atoms with Gasteiger partial charge in [-0.05, 0) is 30.3 Å². The first kappa shape index (κ1) is 18.5. The molecule has 0 saturated heterocycles. The number of aromatic amines is 2. The Balaban J connectivity index is 1.73. The summed E-state index contributed by atoms with van der Waals surface area (Å²) in [6.07, 6.45) is 3.16. The van der Waals surface area contributed by atoms with Crippen LogP contribution in [0.25, 0.3) is 22.3 Å². The Hall–Kier alpha value is -3.81. The number of H-pyrrole nitrogens is 2. The molecule has 4 aromatic rings. The Kier molecular flexibility index (Phi) is 4.67. The maximum absolute atomic E-state index is 13.6. The van der Waals surface area contributed by atoms with Gasteiger partial charge < -0.3 is 24.2 Å². The molecule has 2 N–H and O–H groups in total. The molecule has 0 fully saturated rings. The summed E-state index contributed by atoms with van der Waals surface area (Å²) in [6, 6.07) is 7.60. The number of hydrogen-bond acceptors (Lipinski definition) is 5. The number of carbonyl (C=O) groups excluding carboxylic acids is 1. The fourth-order valence-electron chi connectivity index (χ4n) is 3.23. The normalized spacial score (nSPS) is 10.9. The predicted molar refractivity (Wildman–Crippen MR) is 105 cm³/mol. The van der Waals surface area contributed by atoms with Gasteiger partial charge in [-0.15, -0.1) is 0 Å². The molecule has 7 nitrogen and oxygen atoms in total. The highest BCUT2D eigenvalue weighted by Gasteiger charge is 2.20. The van der Waals surface area contributed by atoms with Crippen LogP contribution >= 0.6 is 0 Å². The highest BCUT2D eigenvalue weighted by Crippen LogP contribution is 2.38. The second-order valence-corrected chi connectivity index (χ2v) is 6.28. The first-order valence-corrected chi connectivity index (χ1v) is 8.72. The van der Waals surface area contributed by atoms with Crippen molar-refractivity contribution < 1.29 is 23.4 Å². The molecule has 2 heterocycles. The van der Waals surface area contributed by atoms with E-state index in [9.17, 15) is 9.18 Å². The Labute approximate surface area is 165 Å². The van der Waals surface area contributed by atoms with Crippen LogP contribution in [0.5, 0.6) is 17.2 Å². The van der Waals surface area contributed by atoms with E-state index in [1.807, 2.05) is 0 Å². The topological polar surface area (TPSA) is 89.2 Å². The number of ketones is 1. The molecule has 0 aliphatic rings. The van der Waals surface area contributed by atoms with Crippen LogP contribution in [0.1, 0.15) is 16.1 Å². The molecule has 0 radical (unpaired) electrons. The molecule has 148 valence electrons. The summed E-state index contributed by atoms with van der Waals surface area (Å²) >= 11 is 0. The van der Waals surface area contributed by atoms with Crippen molar-refractivity contribution in [3.63, 3.8) is 0 Å². The minimum Gasteiger partial charge on any atom is -0.493 e. The van der Waals surface area contributed by atoms with Crippen molar-refractivity contribution >= 4 is 16.7 Å². The molecule has 0 amide bonds. The number of aromatic nitrogens is 3. The van der Waals surface area contributed by atoms with Crippen LogP contribution in [0.15, 0.2) is 42.7 Å². The molecule has 4 rings (SSSR count). The van der Waals surface area contributed by atoms with E-state index in [1.165, 1.54) is 39.7 Å². The number of fused-ring (bicyclic) bond motifs is 1. The van der Waals surface area contributed by atoms with Crippen LogP contribution in [-0.2, 0) is 0 Å². The predicted octanol–water partition coefficient (Wildman–Crippen LogP) is 3.95. The second kappa shape index (κ2) is 7.31. The van der Waals surface area contributed by atoms with Gasteiger partial charge in [-0.3, -0.25) is 4.79 Å². The number of carbonyl (C=O) groups is 1. The fraction of sp³-hybridized carbons (Fsp3) is 0.143. The van der Waals surface area contributed by atoms with Crippen LogP contribution in [0.2, 0.25) is 0 Å². The molecule has 0 atom stereocenters. The van der Waals surface area contributed by atoms with Crippen LogP contribution in [-0.4, -0.2) is 42.1 Å². The number of nitrogens with zero attached hydrogens (tertiary/aromatic N) is 1. The summed E-state index contributed by atoms with van der Waals surface area (Å²) in [7, 11) is 4.46. The van der Waals surface area contributed by atoms with Crippen molar-refractivity contribution in [1.82, 2.24) is 15.0 Å². The van der Waals surface area contributed by atoms with Crippen molar-refractivity contribution in [1.29, 1.82) is 0 Å². The van der Waals surface area contributed by atoms with Crippen molar-refractivity contribution in [3.05, 3.63) is 59.8 Å². The van der Waals surface area contributed by atoms with Gasteiger partial charge in [0.25, 0.3) is 0 Å². The molecule has 2 aromatic carbocycles. The summed E-state index contributed by atoms with van der Waals surface area (Å²) < 4.78 is 29.5. The maximum Gasteiger partial charge on any atom is 0.211 e. The zero-order valence-electron chi connectivity index (χ0n) is 16.0. The number of imidazole rings is 1. The Morgan fingerprint density at radius 1 is 1.03 bits per heavy atom. The molecular formula is C21H18FN3O4. The summed E-state index contributed by atoms with van der Waals surface area (Å²) in [4.78, 5) is 23.4. The third-order valence-electron chi connectivity index (χ3n) is 4.65. The van der Waals surface area contributed by atoms with Crippen molar-refractivity contribution in [2.24, 2.45) is 0 Å². The molecule has 0 spiro atoms. The lowest BCUT2D eigenvalue weighted by Crippen LogP contribution is -2.04. The Bertz CT molecular complexity index is 1190. The van der Waals surface area contributed by atoms with E-state index >= 15 is 0 Å². The van der Waals surface area contributed by atoms with Crippen LogP contribution < -0.4 is 14.2 Å². The molecule has 0 aliphatic heterocycles. The van der Waals surface area contributed by atoms with Gasteiger partial charge in [0.15, 0.2) is 11.5 Å². The first-order chi connectivity index (χ1) is 14.0. The number of methoxy groups -OCH3 is 3. The Morgan fingerprint density at radius 2 is 1.76 bits per heavy atom. The van der Waals surface area contributed by atoms with Crippen molar-refractivity contribution in [2.45, 2.75) is 0 Å². The zero-order chi connectivity index (χ0) is 20.5. The number of hydrogen-bond donors (Lipinski definition) is 2. The van der Waals surface area contributed by atoms with Gasteiger partial charge in [0, 0.05) is 28.2 Å². The standard InChI is InChI=1S/C21H18FN3O4/c1-27-17-6-11(7-18(28-2)20(17)29-3)19(26)16-10-24-21(25-16)14-9-23-15-5-4-12(22)8-13(14)15/h4-10,23H,1-3H3,(H,24,25). The third-order valence-corrected chi connectivity index (χ3v) is 4.65. The van der Waals surface area contributed by atoms with Gasteiger partial charge in [0.05, 0.1) is 27.5 Å². The summed E-state index contributed by atoms with van der Waals surface area (Å²) in [5.41, 5.74) is 2.07. The SMILES string of the molecule is COc1cc(C(=O)c2cnc(-c3c[nH]c4ccc(F)cc34)[nH]2)cc(OC)c1OC. The van der Waals surface area contributed by atoms with Gasteiger partial charge in [0.1, 0.15) is 17.3 Å². The largest absolute Gasteiger partial charge is 0.493 e. The lowest BCUT2D eigenvalue weighted by Gasteiger charge is -2.13. The molecule has 0 saturated carbocycles. The average Bonchev–Trinajstić information content (AvgIpc) is 3.38. The van der Waals surface area contributed by atoms with Gasteiger partial charge in [-0.1, -0.05) is 0 Å². The molecule has 0 bridgehead atoms. The van der Waals surface area contributed by atoms with E-state index in [0.717, 1.165) is 5.52 Å². The quantitative estimate of drug-likeness (QED) is 0.483. The van der Waals surface area contributed by atoms with Gasteiger partial charge in [0.2, 0.25) is 11.5 Å². The summed E-state index contributed by atoms with van der Waals surface area (Å²) in [6.45, 7) is 0. The van der Waals surface area contributed by atoms with Crippen LogP contribution in [0.4, 0.5) is 4.39 Å². The number of halogens is 1. The monoisotopic (exact) mass is 395 g/mol. The molecule has 0 unspecified atom stereocenters. The maximum atomic E-state index is 13.6.